The van der Waals surface area contributed by atoms with Crippen molar-refractivity contribution in [2.45, 2.75) is 51.1 Å². The zero-order valence-electron chi connectivity index (χ0n) is 10.8. The first kappa shape index (κ1) is 12.8. The zero-order chi connectivity index (χ0) is 12.5. The van der Waals surface area contributed by atoms with Crippen molar-refractivity contribution in [3.05, 3.63) is 0 Å². The van der Waals surface area contributed by atoms with Crippen LogP contribution in [0.5, 0.6) is 0 Å². The van der Waals surface area contributed by atoms with Crippen LogP contribution in [0.15, 0.2) is 0 Å². The number of aliphatic carboxylic acids is 1. The lowest BCUT2D eigenvalue weighted by Gasteiger charge is -2.47. The summed E-state index contributed by atoms with van der Waals surface area (Å²) in [6, 6.07) is 0.496. The van der Waals surface area contributed by atoms with Crippen LogP contribution in [0.4, 0.5) is 0 Å². The van der Waals surface area contributed by atoms with E-state index >= 15 is 0 Å². The molecule has 0 amide bonds. The number of nitrogens with one attached hydrogen (secondary N) is 2. The average molecular weight is 240 g/mol. The van der Waals surface area contributed by atoms with E-state index in [1.807, 2.05) is 0 Å². The Labute approximate surface area is 103 Å². The summed E-state index contributed by atoms with van der Waals surface area (Å²) in [6.45, 7) is 6.18. The molecule has 3 N–H and O–H groups in total. The van der Waals surface area contributed by atoms with Gasteiger partial charge in [0.1, 0.15) is 0 Å². The molecule has 2 unspecified atom stereocenters. The highest BCUT2D eigenvalue weighted by atomic mass is 16.4. The van der Waals surface area contributed by atoms with Crippen LogP contribution in [0.1, 0.15) is 39.5 Å². The number of hydrogen-bond donors (Lipinski definition) is 3. The molecule has 0 spiro atoms. The van der Waals surface area contributed by atoms with Crippen molar-refractivity contribution < 1.29 is 9.90 Å². The minimum Gasteiger partial charge on any atom is -0.481 e. The SMILES string of the molecule is CC1CC(C)CC(NC2(CC(=O)O)CNC2)C1. The summed E-state index contributed by atoms with van der Waals surface area (Å²) < 4.78 is 0. The van der Waals surface area contributed by atoms with Gasteiger partial charge in [-0.3, -0.25) is 4.79 Å². The van der Waals surface area contributed by atoms with E-state index in [9.17, 15) is 4.79 Å². The van der Waals surface area contributed by atoms with E-state index in [1.54, 1.807) is 0 Å². The molecule has 0 bridgehead atoms. The predicted octanol–water partition coefficient (Wildman–Crippen LogP) is 1.22. The lowest BCUT2D eigenvalue weighted by atomic mass is 9.78. The highest BCUT2D eigenvalue weighted by Crippen LogP contribution is 2.30. The maximum atomic E-state index is 10.9. The molecule has 0 aromatic rings. The Morgan fingerprint density at radius 2 is 1.88 bits per heavy atom. The average Bonchev–Trinajstić information content (AvgIpc) is 2.11. The fourth-order valence-corrected chi connectivity index (χ4v) is 3.49. The quantitative estimate of drug-likeness (QED) is 0.691. The number of carbonyl (C=O) groups is 1. The van der Waals surface area contributed by atoms with Gasteiger partial charge in [-0.25, -0.2) is 0 Å². The van der Waals surface area contributed by atoms with Gasteiger partial charge in [-0.2, -0.15) is 0 Å². The summed E-state index contributed by atoms with van der Waals surface area (Å²) in [6.07, 6.45) is 3.92. The van der Waals surface area contributed by atoms with Crippen molar-refractivity contribution in [2.75, 3.05) is 13.1 Å². The van der Waals surface area contributed by atoms with Crippen molar-refractivity contribution in [1.82, 2.24) is 10.6 Å². The predicted molar refractivity (Wildman–Crippen MR) is 67.0 cm³/mol. The Kier molecular flexibility index (Phi) is 3.73. The van der Waals surface area contributed by atoms with E-state index in [0.29, 0.717) is 6.04 Å². The van der Waals surface area contributed by atoms with Crippen LogP contribution in [0.2, 0.25) is 0 Å². The van der Waals surface area contributed by atoms with Crippen LogP contribution in [0.25, 0.3) is 0 Å². The van der Waals surface area contributed by atoms with Crippen LogP contribution in [0.3, 0.4) is 0 Å². The van der Waals surface area contributed by atoms with Gasteiger partial charge >= 0.3 is 5.97 Å². The van der Waals surface area contributed by atoms with Crippen LogP contribution < -0.4 is 10.6 Å². The van der Waals surface area contributed by atoms with Crippen molar-refractivity contribution in [3.63, 3.8) is 0 Å². The summed E-state index contributed by atoms with van der Waals surface area (Å²) in [5.74, 6) is 0.813. The molecule has 1 heterocycles. The summed E-state index contributed by atoms with van der Waals surface area (Å²) >= 11 is 0. The number of hydrogen-bond acceptors (Lipinski definition) is 3. The maximum Gasteiger partial charge on any atom is 0.305 e. The molecule has 1 saturated carbocycles. The number of rotatable bonds is 4. The van der Waals surface area contributed by atoms with Crippen LogP contribution in [0, 0.1) is 11.8 Å². The topological polar surface area (TPSA) is 61.4 Å². The van der Waals surface area contributed by atoms with E-state index in [4.69, 9.17) is 5.11 Å². The van der Waals surface area contributed by atoms with Crippen LogP contribution in [-0.2, 0) is 4.79 Å². The van der Waals surface area contributed by atoms with Gasteiger partial charge in [0.25, 0.3) is 0 Å². The molecule has 17 heavy (non-hydrogen) atoms. The molecule has 1 saturated heterocycles. The van der Waals surface area contributed by atoms with Gasteiger partial charge in [-0.1, -0.05) is 13.8 Å². The third kappa shape index (κ3) is 3.19. The van der Waals surface area contributed by atoms with E-state index in [1.165, 1.54) is 19.3 Å². The van der Waals surface area contributed by atoms with Crippen molar-refractivity contribution >= 4 is 5.97 Å². The Morgan fingerprint density at radius 1 is 1.29 bits per heavy atom. The zero-order valence-corrected chi connectivity index (χ0v) is 10.8. The first-order valence-electron chi connectivity index (χ1n) is 6.69. The summed E-state index contributed by atoms with van der Waals surface area (Å²) in [4.78, 5) is 10.9. The molecule has 1 aliphatic heterocycles. The van der Waals surface area contributed by atoms with Gasteiger partial charge < -0.3 is 15.7 Å². The first-order chi connectivity index (χ1) is 7.99. The first-order valence-corrected chi connectivity index (χ1v) is 6.69. The largest absolute Gasteiger partial charge is 0.481 e. The summed E-state index contributed by atoms with van der Waals surface area (Å²) in [5, 5.41) is 15.8. The van der Waals surface area contributed by atoms with Crippen molar-refractivity contribution in [3.8, 4) is 0 Å². The Bertz CT molecular complexity index is 279. The third-order valence-corrected chi connectivity index (χ3v) is 4.11. The van der Waals surface area contributed by atoms with Gasteiger partial charge in [-0.15, -0.1) is 0 Å². The fourth-order valence-electron chi connectivity index (χ4n) is 3.49. The van der Waals surface area contributed by atoms with Crippen LogP contribution >= 0.6 is 0 Å². The number of carboxylic acids is 1. The summed E-state index contributed by atoms with van der Waals surface area (Å²) in [5.41, 5.74) is -0.187. The second-order valence-corrected chi connectivity index (χ2v) is 6.21. The molecule has 0 aromatic heterocycles. The highest BCUT2D eigenvalue weighted by Gasteiger charge is 2.41. The van der Waals surface area contributed by atoms with Crippen LogP contribution in [-0.4, -0.2) is 35.7 Å². The second-order valence-electron chi connectivity index (χ2n) is 6.21. The molecule has 2 fully saturated rings. The standard InChI is InChI=1S/C13H24N2O2/c1-9-3-10(2)5-11(4-9)15-13(6-12(16)17)7-14-8-13/h9-11,14-15H,3-8H2,1-2H3,(H,16,17). The monoisotopic (exact) mass is 240 g/mol. The van der Waals surface area contributed by atoms with Gasteiger partial charge in [0.2, 0.25) is 0 Å². The molecule has 2 rings (SSSR count). The highest BCUT2D eigenvalue weighted by molar-refractivity contribution is 5.68. The van der Waals surface area contributed by atoms with Gasteiger partial charge in [-0.05, 0) is 31.1 Å². The smallest absolute Gasteiger partial charge is 0.305 e. The maximum absolute atomic E-state index is 10.9. The Morgan fingerprint density at radius 3 is 2.29 bits per heavy atom. The van der Waals surface area contributed by atoms with E-state index in [2.05, 4.69) is 24.5 Å². The molecular formula is C13H24N2O2. The third-order valence-electron chi connectivity index (χ3n) is 4.11. The molecule has 0 aromatic carbocycles. The number of carboxylic acid groups (broad SMARTS) is 1. The molecule has 98 valence electrons. The fraction of sp³-hybridized carbons (Fsp3) is 0.923. The van der Waals surface area contributed by atoms with E-state index < -0.39 is 5.97 Å². The Balaban J connectivity index is 1.91. The molecule has 4 heteroatoms. The molecule has 2 aliphatic rings. The second kappa shape index (κ2) is 4.94. The van der Waals surface area contributed by atoms with Gasteiger partial charge in [0, 0.05) is 19.1 Å². The van der Waals surface area contributed by atoms with Gasteiger partial charge in [0.05, 0.1) is 12.0 Å². The molecule has 4 nitrogen and oxygen atoms in total. The minimum atomic E-state index is -0.698. The normalized spacial score (nSPS) is 36.2. The summed E-state index contributed by atoms with van der Waals surface area (Å²) in [7, 11) is 0. The lowest BCUT2D eigenvalue weighted by Crippen LogP contribution is -2.70. The lowest BCUT2D eigenvalue weighted by molar-refractivity contribution is -0.139. The van der Waals surface area contributed by atoms with Gasteiger partial charge in [0.15, 0.2) is 0 Å². The van der Waals surface area contributed by atoms with Crippen molar-refractivity contribution in [1.29, 1.82) is 0 Å². The van der Waals surface area contributed by atoms with Crippen molar-refractivity contribution in [2.24, 2.45) is 11.8 Å². The van der Waals surface area contributed by atoms with E-state index in [0.717, 1.165) is 24.9 Å². The minimum absolute atomic E-state index is 0.187. The van der Waals surface area contributed by atoms with E-state index in [-0.39, 0.29) is 12.0 Å². The molecular weight excluding hydrogens is 216 g/mol. The Hall–Kier alpha value is -0.610. The molecule has 2 atom stereocenters. The molecule has 1 aliphatic carbocycles. The molecule has 0 radical (unpaired) electrons.